The van der Waals surface area contributed by atoms with Crippen molar-refractivity contribution in [3.05, 3.63) is 11.4 Å². The molecule has 11 heteroatoms. The van der Waals surface area contributed by atoms with Gasteiger partial charge in [0.15, 0.2) is 5.69 Å². The Morgan fingerprint density at radius 1 is 1.32 bits per heavy atom. The molecule has 4 N–H and O–H groups in total. The van der Waals surface area contributed by atoms with Crippen molar-refractivity contribution in [3.63, 3.8) is 0 Å². The Morgan fingerprint density at radius 2 is 1.95 bits per heavy atom. The predicted octanol–water partition coefficient (Wildman–Crippen LogP) is 0.320. The van der Waals surface area contributed by atoms with Crippen LogP contribution in [0.2, 0.25) is 0 Å². The number of ether oxygens (including phenoxy) is 2. The number of aromatic nitrogens is 2. The van der Waals surface area contributed by atoms with Gasteiger partial charge in [-0.3, -0.25) is 9.48 Å². The molecule has 0 fully saturated rings. The average Bonchev–Trinajstić information content (AvgIpc) is 2.73. The molecule has 0 unspecified atom stereocenters. The molecule has 8 nitrogen and oxygen atoms in total. The largest absolute Gasteiger partial charge is 0.464 e. The smallest absolute Gasteiger partial charge is 0.391 e. The van der Waals surface area contributed by atoms with Gasteiger partial charge in [-0.25, -0.2) is 4.79 Å². The number of hydrogen-bond donors (Lipinski definition) is 2. The van der Waals surface area contributed by atoms with Crippen LogP contribution in [0.15, 0.2) is 0 Å². The number of amides is 1. The third-order valence-electron chi connectivity index (χ3n) is 2.58. The highest BCUT2D eigenvalue weighted by atomic mass is 19.4. The van der Waals surface area contributed by atoms with Crippen LogP contribution in [0, 0.1) is 0 Å². The van der Waals surface area contributed by atoms with E-state index in [1.807, 2.05) is 0 Å². The molecule has 0 aliphatic heterocycles. The molecule has 1 amide bonds. The summed E-state index contributed by atoms with van der Waals surface area (Å²) in [5, 5.41) is 3.76. The number of rotatable bonds is 7. The number of esters is 1. The summed E-state index contributed by atoms with van der Waals surface area (Å²) in [4.78, 5) is 22.7. The third-order valence-corrected chi connectivity index (χ3v) is 2.58. The number of anilines is 1. The fourth-order valence-electron chi connectivity index (χ4n) is 1.59. The van der Waals surface area contributed by atoms with E-state index < -0.39 is 31.1 Å². The Balaban J connectivity index is 2.73. The highest BCUT2D eigenvalue weighted by molar-refractivity contribution is 6.03. The van der Waals surface area contributed by atoms with Crippen LogP contribution >= 0.6 is 0 Å². The number of carbonyl (C=O) groups excluding carboxylic acids is 2. The van der Waals surface area contributed by atoms with Gasteiger partial charge >= 0.3 is 12.1 Å². The Morgan fingerprint density at radius 3 is 2.45 bits per heavy atom. The second kappa shape index (κ2) is 7.11. The lowest BCUT2D eigenvalue weighted by Crippen LogP contribution is -2.21. The maximum atomic E-state index is 11.9. The highest BCUT2D eigenvalue weighted by Gasteiger charge is 2.27. The number of methoxy groups -OCH3 is 1. The van der Waals surface area contributed by atoms with Crippen LogP contribution in [-0.4, -0.2) is 48.2 Å². The van der Waals surface area contributed by atoms with E-state index in [0.717, 1.165) is 11.8 Å². The molecule has 1 aromatic rings. The predicted molar refractivity (Wildman–Crippen MR) is 68.0 cm³/mol. The number of alkyl halides is 3. The average molecular weight is 324 g/mol. The minimum Gasteiger partial charge on any atom is -0.464 e. The molecule has 0 atom stereocenters. The number of halogens is 3. The first-order valence-corrected chi connectivity index (χ1v) is 6.06. The maximum Gasteiger partial charge on any atom is 0.391 e. The van der Waals surface area contributed by atoms with E-state index in [1.54, 1.807) is 0 Å². The fourth-order valence-corrected chi connectivity index (χ4v) is 1.59. The fraction of sp³-hybridized carbons (Fsp3) is 0.545. The summed E-state index contributed by atoms with van der Waals surface area (Å²) in [7, 11) is 1.10. The molecular formula is C11H15F3N4O4. The van der Waals surface area contributed by atoms with Gasteiger partial charge < -0.3 is 20.9 Å². The summed E-state index contributed by atoms with van der Waals surface area (Å²) in [6.45, 7) is -0.800. The van der Waals surface area contributed by atoms with Crippen LogP contribution in [-0.2, 0) is 16.0 Å². The lowest BCUT2D eigenvalue weighted by Gasteiger charge is -2.08. The standard InChI is InChI=1S/C11H15F3N4O4/c1-21-10(20)7-6(15)8(9(16)19)18(17-7)3-5-22-4-2-11(12,13)14/h2-5,15H2,1H3,(H2,16,19). The Labute approximate surface area is 123 Å². The molecule has 0 radical (unpaired) electrons. The molecule has 0 aromatic carbocycles. The first-order valence-electron chi connectivity index (χ1n) is 6.06. The molecule has 0 spiro atoms. The van der Waals surface area contributed by atoms with Crippen LogP contribution < -0.4 is 11.5 Å². The minimum atomic E-state index is -4.31. The van der Waals surface area contributed by atoms with Gasteiger partial charge in [0.2, 0.25) is 0 Å². The molecule has 124 valence electrons. The molecule has 0 saturated carbocycles. The molecular weight excluding hydrogens is 309 g/mol. The molecule has 0 bridgehead atoms. The van der Waals surface area contributed by atoms with Gasteiger partial charge in [0.05, 0.1) is 39.0 Å². The van der Waals surface area contributed by atoms with Gasteiger partial charge in [0.25, 0.3) is 5.91 Å². The lowest BCUT2D eigenvalue weighted by molar-refractivity contribution is -0.145. The van der Waals surface area contributed by atoms with Crippen molar-refractivity contribution in [1.82, 2.24) is 9.78 Å². The quantitative estimate of drug-likeness (QED) is 0.550. The Kier molecular flexibility index (Phi) is 5.74. The van der Waals surface area contributed by atoms with Crippen molar-refractivity contribution in [2.45, 2.75) is 19.1 Å². The van der Waals surface area contributed by atoms with Gasteiger partial charge in [0.1, 0.15) is 5.69 Å². The van der Waals surface area contributed by atoms with Crippen LogP contribution in [0.25, 0.3) is 0 Å². The summed E-state index contributed by atoms with van der Waals surface area (Å²) < 4.78 is 46.0. The summed E-state index contributed by atoms with van der Waals surface area (Å²) >= 11 is 0. The number of carbonyl (C=O) groups is 2. The second-order valence-electron chi connectivity index (χ2n) is 4.17. The van der Waals surface area contributed by atoms with Crippen molar-refractivity contribution in [1.29, 1.82) is 0 Å². The van der Waals surface area contributed by atoms with E-state index in [0.29, 0.717) is 0 Å². The van der Waals surface area contributed by atoms with Crippen molar-refractivity contribution in [2.24, 2.45) is 5.73 Å². The number of nitrogens with two attached hydrogens (primary N) is 2. The molecule has 1 heterocycles. The molecule has 1 aromatic heterocycles. The summed E-state index contributed by atoms with van der Waals surface area (Å²) in [5.74, 6) is -1.80. The number of primary amides is 1. The van der Waals surface area contributed by atoms with E-state index in [4.69, 9.17) is 16.2 Å². The summed E-state index contributed by atoms with van der Waals surface area (Å²) in [6, 6.07) is 0. The molecule has 22 heavy (non-hydrogen) atoms. The number of nitrogens with zero attached hydrogens (tertiary/aromatic N) is 2. The molecule has 0 aliphatic carbocycles. The zero-order chi connectivity index (χ0) is 16.9. The first kappa shape index (κ1) is 17.8. The Hall–Kier alpha value is -2.30. The Bertz CT molecular complexity index is 556. The normalized spacial score (nSPS) is 11.5. The molecule has 0 saturated heterocycles. The van der Waals surface area contributed by atoms with Crippen LogP contribution in [0.5, 0.6) is 0 Å². The SMILES string of the molecule is COC(=O)c1nn(CCOCCC(F)(F)F)c(C(N)=O)c1N. The molecule has 0 aliphatic rings. The van der Waals surface area contributed by atoms with Crippen LogP contribution in [0.4, 0.5) is 18.9 Å². The van der Waals surface area contributed by atoms with E-state index in [1.165, 1.54) is 0 Å². The van der Waals surface area contributed by atoms with Crippen LogP contribution in [0.1, 0.15) is 27.4 Å². The zero-order valence-corrected chi connectivity index (χ0v) is 11.6. The topological polar surface area (TPSA) is 122 Å². The third kappa shape index (κ3) is 4.62. The first-order chi connectivity index (χ1) is 10.2. The maximum absolute atomic E-state index is 11.9. The highest BCUT2D eigenvalue weighted by Crippen LogP contribution is 2.19. The van der Waals surface area contributed by atoms with Gasteiger partial charge in [-0.1, -0.05) is 0 Å². The van der Waals surface area contributed by atoms with E-state index >= 15 is 0 Å². The van der Waals surface area contributed by atoms with E-state index in [2.05, 4.69) is 9.84 Å². The summed E-state index contributed by atoms with van der Waals surface area (Å²) in [6.07, 6.45) is -5.41. The summed E-state index contributed by atoms with van der Waals surface area (Å²) in [5.41, 5.74) is 9.94. The van der Waals surface area contributed by atoms with Gasteiger partial charge in [-0.05, 0) is 0 Å². The van der Waals surface area contributed by atoms with Crippen molar-refractivity contribution < 1.29 is 32.2 Å². The monoisotopic (exact) mass is 324 g/mol. The minimum absolute atomic E-state index is 0.0999. The molecule has 1 rings (SSSR count). The van der Waals surface area contributed by atoms with Crippen LogP contribution in [0.3, 0.4) is 0 Å². The van der Waals surface area contributed by atoms with Gasteiger partial charge in [-0.15, -0.1) is 0 Å². The zero-order valence-electron chi connectivity index (χ0n) is 11.6. The van der Waals surface area contributed by atoms with Crippen molar-refractivity contribution >= 4 is 17.6 Å². The lowest BCUT2D eigenvalue weighted by atomic mass is 10.3. The van der Waals surface area contributed by atoms with Crippen molar-refractivity contribution in [3.8, 4) is 0 Å². The number of nitrogen functional groups attached to an aromatic ring is 1. The van der Waals surface area contributed by atoms with Gasteiger partial charge in [0, 0.05) is 0 Å². The number of hydrogen-bond acceptors (Lipinski definition) is 6. The second-order valence-corrected chi connectivity index (χ2v) is 4.17. The van der Waals surface area contributed by atoms with E-state index in [9.17, 15) is 22.8 Å². The van der Waals surface area contributed by atoms with Gasteiger partial charge in [-0.2, -0.15) is 18.3 Å². The van der Waals surface area contributed by atoms with E-state index in [-0.39, 0.29) is 30.2 Å². The van der Waals surface area contributed by atoms with Crippen molar-refractivity contribution in [2.75, 3.05) is 26.1 Å².